The smallest absolute Gasteiger partial charge is 0.852 e. The molecule has 0 heterocycles. The molecule has 0 aliphatic carbocycles. The summed E-state index contributed by atoms with van der Waals surface area (Å²) in [5.41, 5.74) is 0. The number of benzene rings is 3. The summed E-state index contributed by atoms with van der Waals surface area (Å²) in [6.45, 7) is 1.88. The van der Waals surface area contributed by atoms with Crippen LogP contribution in [-0.2, 0) is 0 Å². The van der Waals surface area contributed by atoms with Gasteiger partial charge in [-0.05, 0) is 10.8 Å². The van der Waals surface area contributed by atoms with Crippen LogP contribution in [0.4, 0.5) is 0 Å². The average molecular weight is 302 g/mol. The van der Waals surface area contributed by atoms with Gasteiger partial charge in [-0.2, -0.15) is 0 Å². The van der Waals surface area contributed by atoms with Gasteiger partial charge in [-0.15, -0.1) is 0 Å². The van der Waals surface area contributed by atoms with E-state index in [4.69, 9.17) is 0 Å². The zero-order valence-electron chi connectivity index (χ0n) is 11.8. The summed E-state index contributed by atoms with van der Waals surface area (Å²) < 4.78 is 0. The Morgan fingerprint density at radius 1 is 0.750 bits per heavy atom. The zero-order chi connectivity index (χ0) is 13.3. The largest absolute Gasteiger partial charge is 1.00 e. The van der Waals surface area contributed by atoms with Crippen LogP contribution in [0, 0.1) is 0 Å². The van der Waals surface area contributed by atoms with Crippen molar-refractivity contribution in [3.05, 3.63) is 72.8 Å². The Morgan fingerprint density at radius 2 is 1.35 bits per heavy atom. The molecule has 0 fully saturated rings. The second-order valence-electron chi connectivity index (χ2n) is 4.93. The van der Waals surface area contributed by atoms with Crippen molar-refractivity contribution in [1.82, 2.24) is 0 Å². The molecule has 0 N–H and O–H groups in total. The van der Waals surface area contributed by atoms with E-state index >= 15 is 0 Å². The second kappa shape index (κ2) is 6.66. The normalized spacial score (nSPS) is 13.5. The van der Waals surface area contributed by atoms with E-state index in [2.05, 4.69) is 18.2 Å². The summed E-state index contributed by atoms with van der Waals surface area (Å²) in [4.78, 5) is 13.3. The van der Waals surface area contributed by atoms with Gasteiger partial charge in [0.2, 0.25) is 0 Å². The summed E-state index contributed by atoms with van der Waals surface area (Å²) in [7, 11) is -2.87. The van der Waals surface area contributed by atoms with Gasteiger partial charge >= 0.3 is 51.4 Å². The molecule has 3 rings (SSSR count). The molecule has 0 saturated carbocycles. The van der Waals surface area contributed by atoms with Gasteiger partial charge in [0.15, 0.2) is 0 Å². The molecule has 3 aromatic carbocycles. The molecule has 0 aliphatic rings. The van der Waals surface area contributed by atoms with Crippen LogP contribution in [0.5, 0.6) is 0 Å². The first kappa shape index (κ1) is 16.1. The fourth-order valence-electron chi connectivity index (χ4n) is 2.55. The van der Waals surface area contributed by atoms with E-state index < -0.39 is 8.32 Å². The Morgan fingerprint density at radius 3 is 2.10 bits per heavy atom. The molecule has 0 aliphatic heterocycles. The van der Waals surface area contributed by atoms with Gasteiger partial charge in [0.1, 0.15) is 0 Å². The molecule has 3 aromatic rings. The van der Waals surface area contributed by atoms with Crippen molar-refractivity contribution in [2.75, 3.05) is 0 Å². The van der Waals surface area contributed by atoms with Crippen molar-refractivity contribution in [1.29, 1.82) is 0 Å². The van der Waals surface area contributed by atoms with Crippen LogP contribution >= 0.6 is 0 Å². The minimum atomic E-state index is -2.87. The number of hydrogen-bond acceptors (Lipinski definition) is 1. The van der Waals surface area contributed by atoms with Crippen molar-refractivity contribution in [2.45, 2.75) is 6.55 Å². The molecule has 0 bridgehead atoms. The summed E-state index contributed by atoms with van der Waals surface area (Å²) >= 11 is 0. The van der Waals surface area contributed by atoms with Crippen LogP contribution in [0.3, 0.4) is 0 Å². The van der Waals surface area contributed by atoms with E-state index in [9.17, 15) is 4.80 Å². The van der Waals surface area contributed by atoms with Gasteiger partial charge in [0.05, 0.1) is 0 Å². The molecule has 94 valence electrons. The van der Waals surface area contributed by atoms with Crippen molar-refractivity contribution < 1.29 is 56.2 Å². The van der Waals surface area contributed by atoms with Crippen LogP contribution in [-0.4, -0.2) is 8.32 Å². The third kappa shape index (κ3) is 2.99. The summed E-state index contributed by atoms with van der Waals surface area (Å²) in [6.07, 6.45) is 0. The maximum atomic E-state index is 13.3. The van der Waals surface area contributed by atoms with Gasteiger partial charge in [0.25, 0.3) is 0 Å². The van der Waals surface area contributed by atoms with Crippen molar-refractivity contribution in [3.63, 3.8) is 0 Å². The minimum Gasteiger partial charge on any atom is -0.852 e. The first-order valence-electron chi connectivity index (χ1n) is 6.44. The van der Waals surface area contributed by atoms with Crippen LogP contribution in [0.1, 0.15) is 0 Å². The first-order valence-corrected chi connectivity index (χ1v) is 8.84. The Kier molecular flexibility index (Phi) is 5.37. The molecule has 0 spiro atoms. The molecule has 1 atom stereocenters. The molecular formula is C17H15KOSi. The van der Waals surface area contributed by atoms with Crippen molar-refractivity contribution in [3.8, 4) is 0 Å². The van der Waals surface area contributed by atoms with Crippen LogP contribution in [0.25, 0.3) is 10.8 Å². The van der Waals surface area contributed by atoms with Gasteiger partial charge in [0, 0.05) is 8.32 Å². The number of hydrogen-bond donors (Lipinski definition) is 0. The monoisotopic (exact) mass is 302 g/mol. The first-order chi connectivity index (χ1) is 9.19. The maximum absolute atomic E-state index is 13.3. The number of rotatable bonds is 2. The van der Waals surface area contributed by atoms with Gasteiger partial charge in [-0.3, -0.25) is 0 Å². The molecule has 20 heavy (non-hydrogen) atoms. The third-order valence-electron chi connectivity index (χ3n) is 3.63. The standard InChI is InChI=1S/C17H15OSi.K/c1-19(18,15-10-3-2-4-11-15)17-13-7-9-14-8-5-6-12-16(14)17;/h2-13H,1H3;/q-1;+1. The molecule has 1 unspecified atom stereocenters. The Hall–Kier alpha value is -0.267. The third-order valence-corrected chi connectivity index (χ3v) is 6.53. The Balaban J connectivity index is 0.00000147. The number of fused-ring (bicyclic) bond motifs is 1. The molecule has 0 aromatic heterocycles. The van der Waals surface area contributed by atoms with E-state index in [0.29, 0.717) is 0 Å². The van der Waals surface area contributed by atoms with Crippen LogP contribution < -0.4 is 66.6 Å². The van der Waals surface area contributed by atoms with E-state index in [0.717, 1.165) is 21.1 Å². The molecule has 0 radical (unpaired) electrons. The molecule has 3 heteroatoms. The Bertz CT molecular complexity index is 705. The summed E-state index contributed by atoms with van der Waals surface area (Å²) in [5, 5.41) is 4.15. The molecule has 1 nitrogen and oxygen atoms in total. The van der Waals surface area contributed by atoms with Gasteiger partial charge < -0.3 is 4.80 Å². The fraction of sp³-hybridized carbons (Fsp3) is 0.0588. The topological polar surface area (TPSA) is 23.1 Å². The van der Waals surface area contributed by atoms with Gasteiger partial charge in [-0.1, -0.05) is 89.7 Å². The minimum absolute atomic E-state index is 0. The molecule has 0 amide bonds. The van der Waals surface area contributed by atoms with E-state index in [-0.39, 0.29) is 51.4 Å². The zero-order valence-corrected chi connectivity index (χ0v) is 16.0. The van der Waals surface area contributed by atoms with E-state index in [1.807, 2.05) is 61.1 Å². The average Bonchev–Trinajstić information content (AvgIpc) is 2.47. The quantitative estimate of drug-likeness (QED) is 0.551. The van der Waals surface area contributed by atoms with Crippen LogP contribution in [0.15, 0.2) is 72.8 Å². The van der Waals surface area contributed by atoms with Crippen molar-refractivity contribution >= 4 is 29.5 Å². The second-order valence-corrected chi connectivity index (χ2v) is 8.11. The predicted octanol–water partition coefficient (Wildman–Crippen LogP) is -1.11. The molecular weight excluding hydrogens is 287 g/mol. The fourth-order valence-corrected chi connectivity index (χ4v) is 4.85. The van der Waals surface area contributed by atoms with E-state index in [1.165, 1.54) is 0 Å². The molecule has 0 saturated heterocycles. The Labute approximate surface area is 163 Å². The SMILES string of the molecule is C[Si]([O-])(c1ccccc1)c1cccc2ccccc12.[K+]. The summed E-state index contributed by atoms with van der Waals surface area (Å²) in [6, 6.07) is 23.9. The van der Waals surface area contributed by atoms with Crippen LogP contribution in [0.2, 0.25) is 6.55 Å². The summed E-state index contributed by atoms with van der Waals surface area (Å²) in [5.74, 6) is 0. The van der Waals surface area contributed by atoms with E-state index in [1.54, 1.807) is 0 Å². The van der Waals surface area contributed by atoms with Crippen molar-refractivity contribution in [2.24, 2.45) is 0 Å². The maximum Gasteiger partial charge on any atom is 1.00 e. The van der Waals surface area contributed by atoms with Gasteiger partial charge in [-0.25, -0.2) is 0 Å². The predicted molar refractivity (Wildman–Crippen MR) is 81.3 cm³/mol.